The molecule has 0 spiro atoms. The van der Waals surface area contributed by atoms with Crippen molar-refractivity contribution in [1.29, 1.82) is 0 Å². The van der Waals surface area contributed by atoms with Crippen molar-refractivity contribution in [2.75, 3.05) is 0 Å². The highest BCUT2D eigenvalue weighted by Gasteiger charge is 2.20. The van der Waals surface area contributed by atoms with Gasteiger partial charge >= 0.3 is 0 Å². The van der Waals surface area contributed by atoms with Gasteiger partial charge in [0.15, 0.2) is 0 Å². The van der Waals surface area contributed by atoms with Crippen LogP contribution in [-0.2, 0) is 0 Å². The van der Waals surface area contributed by atoms with Crippen LogP contribution in [0.15, 0.2) is 60.8 Å². The lowest BCUT2D eigenvalue weighted by atomic mass is 9.93. The average Bonchev–Trinajstić information content (AvgIpc) is 3.17. The third-order valence-corrected chi connectivity index (χ3v) is 5.31. The molecule has 0 amide bonds. The van der Waals surface area contributed by atoms with E-state index in [9.17, 15) is 4.39 Å². The van der Waals surface area contributed by atoms with Crippen LogP contribution in [0, 0.1) is 12.7 Å². The fourth-order valence-corrected chi connectivity index (χ4v) is 3.86. The Labute approximate surface area is 148 Å². The minimum atomic E-state index is -0.0693. The Balaban J connectivity index is 1.66. The largest absolute Gasteiger partial charge is 0.256 e. The number of rotatable bonds is 3. The van der Waals surface area contributed by atoms with Gasteiger partial charge in [-0.15, -0.1) is 0 Å². The van der Waals surface area contributed by atoms with Crippen molar-refractivity contribution in [3.63, 3.8) is 0 Å². The van der Waals surface area contributed by atoms with Crippen LogP contribution < -0.4 is 0 Å². The van der Waals surface area contributed by atoms with Gasteiger partial charge in [0.1, 0.15) is 5.82 Å². The van der Waals surface area contributed by atoms with Crippen LogP contribution in [0.2, 0.25) is 0 Å². The van der Waals surface area contributed by atoms with E-state index < -0.39 is 0 Å². The molecule has 0 bridgehead atoms. The average molecular weight is 331 g/mol. The number of pyridine rings is 1. The van der Waals surface area contributed by atoms with E-state index >= 15 is 0 Å². The van der Waals surface area contributed by atoms with E-state index in [2.05, 4.69) is 36.2 Å². The van der Waals surface area contributed by atoms with Gasteiger partial charge in [-0.25, -0.2) is 4.39 Å². The molecule has 1 fully saturated rings. The third kappa shape index (κ3) is 3.21. The molecule has 0 N–H and O–H groups in total. The van der Waals surface area contributed by atoms with Crippen LogP contribution in [0.25, 0.3) is 22.4 Å². The lowest BCUT2D eigenvalue weighted by molar-refractivity contribution is 0.580. The van der Waals surface area contributed by atoms with Gasteiger partial charge in [0.25, 0.3) is 0 Å². The van der Waals surface area contributed by atoms with Crippen molar-refractivity contribution in [1.82, 2.24) is 4.98 Å². The number of benzene rings is 2. The second kappa shape index (κ2) is 6.79. The zero-order valence-corrected chi connectivity index (χ0v) is 14.5. The number of aryl methyl sites for hydroxylation is 1. The molecule has 0 saturated heterocycles. The van der Waals surface area contributed by atoms with Gasteiger partial charge in [0, 0.05) is 17.3 Å². The van der Waals surface area contributed by atoms with Crippen LogP contribution in [-0.4, -0.2) is 4.98 Å². The Hall–Kier alpha value is -2.48. The quantitative estimate of drug-likeness (QED) is 0.532. The van der Waals surface area contributed by atoms with Crippen molar-refractivity contribution in [3.05, 3.63) is 77.7 Å². The number of hydrogen-bond acceptors (Lipinski definition) is 1. The molecule has 0 unspecified atom stereocenters. The standard InChI is InChI=1S/C23H22FN/c1-16-6-2-5-9-20(16)23-13-11-19(15-25-23)18-10-12-22(24)21(14-18)17-7-3-4-8-17/h2,5-6,9-15,17H,3-4,7-8H2,1H3. The van der Waals surface area contributed by atoms with Crippen molar-refractivity contribution < 1.29 is 4.39 Å². The molecule has 1 saturated carbocycles. The second-order valence-electron chi connectivity index (χ2n) is 6.96. The Bertz CT molecular complexity index is 877. The van der Waals surface area contributed by atoms with Crippen molar-refractivity contribution in [2.45, 2.75) is 38.5 Å². The van der Waals surface area contributed by atoms with Crippen molar-refractivity contribution >= 4 is 0 Å². The first-order valence-corrected chi connectivity index (χ1v) is 9.04. The zero-order chi connectivity index (χ0) is 17.2. The second-order valence-corrected chi connectivity index (χ2v) is 6.96. The summed E-state index contributed by atoms with van der Waals surface area (Å²) in [5, 5.41) is 0. The first kappa shape index (κ1) is 16.0. The van der Waals surface area contributed by atoms with Gasteiger partial charge in [-0.1, -0.05) is 49.2 Å². The normalized spacial score (nSPS) is 14.8. The molecule has 0 atom stereocenters. The van der Waals surface area contributed by atoms with E-state index in [0.717, 1.165) is 40.8 Å². The van der Waals surface area contributed by atoms with Crippen molar-refractivity contribution in [3.8, 4) is 22.4 Å². The lowest BCUT2D eigenvalue weighted by Gasteiger charge is -2.13. The molecule has 0 radical (unpaired) electrons. The summed E-state index contributed by atoms with van der Waals surface area (Å²) < 4.78 is 14.3. The topological polar surface area (TPSA) is 12.9 Å². The van der Waals surface area contributed by atoms with Gasteiger partial charge in [-0.05, 0) is 60.6 Å². The summed E-state index contributed by atoms with van der Waals surface area (Å²) >= 11 is 0. The summed E-state index contributed by atoms with van der Waals surface area (Å²) in [6.07, 6.45) is 6.52. The van der Waals surface area contributed by atoms with E-state index in [0.29, 0.717) is 5.92 Å². The highest BCUT2D eigenvalue weighted by atomic mass is 19.1. The molecular formula is C23H22FN. The summed E-state index contributed by atoms with van der Waals surface area (Å²) in [5.41, 5.74) is 6.30. The van der Waals surface area contributed by atoms with Crippen LogP contribution >= 0.6 is 0 Å². The van der Waals surface area contributed by atoms with Crippen LogP contribution in [0.5, 0.6) is 0 Å². The van der Waals surface area contributed by atoms with E-state index in [4.69, 9.17) is 0 Å². The molecule has 126 valence electrons. The summed E-state index contributed by atoms with van der Waals surface area (Å²) in [6, 6.07) is 17.9. The van der Waals surface area contributed by atoms with Crippen LogP contribution in [0.4, 0.5) is 4.39 Å². The molecule has 1 aliphatic rings. The monoisotopic (exact) mass is 331 g/mol. The minimum absolute atomic E-state index is 0.0693. The fraction of sp³-hybridized carbons (Fsp3) is 0.261. The van der Waals surface area contributed by atoms with Gasteiger partial charge in [0.05, 0.1) is 5.69 Å². The highest BCUT2D eigenvalue weighted by Crippen LogP contribution is 2.37. The van der Waals surface area contributed by atoms with E-state index in [1.165, 1.54) is 18.4 Å². The molecular weight excluding hydrogens is 309 g/mol. The Morgan fingerprint density at radius 3 is 2.40 bits per heavy atom. The number of hydrogen-bond donors (Lipinski definition) is 0. The molecule has 0 aliphatic heterocycles. The predicted octanol–water partition coefficient (Wildman–Crippen LogP) is 6.52. The number of aromatic nitrogens is 1. The first-order chi connectivity index (χ1) is 12.2. The summed E-state index contributed by atoms with van der Waals surface area (Å²) in [4.78, 5) is 4.64. The Morgan fingerprint density at radius 2 is 1.68 bits per heavy atom. The molecule has 2 heteroatoms. The van der Waals surface area contributed by atoms with E-state index in [1.54, 1.807) is 6.07 Å². The summed E-state index contributed by atoms with van der Waals surface area (Å²) in [7, 11) is 0. The van der Waals surface area contributed by atoms with E-state index in [-0.39, 0.29) is 5.82 Å². The third-order valence-electron chi connectivity index (χ3n) is 5.31. The summed E-state index contributed by atoms with van der Waals surface area (Å²) in [6.45, 7) is 2.10. The fourth-order valence-electron chi connectivity index (χ4n) is 3.86. The summed E-state index contributed by atoms with van der Waals surface area (Å²) in [5.74, 6) is 0.305. The van der Waals surface area contributed by atoms with Gasteiger partial charge in [-0.2, -0.15) is 0 Å². The van der Waals surface area contributed by atoms with Gasteiger partial charge in [0.2, 0.25) is 0 Å². The van der Waals surface area contributed by atoms with Gasteiger partial charge < -0.3 is 0 Å². The Morgan fingerprint density at radius 1 is 0.920 bits per heavy atom. The van der Waals surface area contributed by atoms with Crippen LogP contribution in [0.3, 0.4) is 0 Å². The molecule has 1 nitrogen and oxygen atoms in total. The Kier molecular flexibility index (Phi) is 4.35. The number of nitrogens with zero attached hydrogens (tertiary/aromatic N) is 1. The van der Waals surface area contributed by atoms with Crippen molar-refractivity contribution in [2.24, 2.45) is 0 Å². The smallest absolute Gasteiger partial charge is 0.126 e. The maximum absolute atomic E-state index is 14.3. The zero-order valence-electron chi connectivity index (χ0n) is 14.5. The first-order valence-electron chi connectivity index (χ1n) is 9.04. The maximum Gasteiger partial charge on any atom is 0.126 e. The highest BCUT2D eigenvalue weighted by molar-refractivity contribution is 5.69. The number of halogens is 1. The minimum Gasteiger partial charge on any atom is -0.256 e. The molecule has 25 heavy (non-hydrogen) atoms. The molecule has 1 aliphatic carbocycles. The molecule has 1 aromatic heterocycles. The molecule has 1 heterocycles. The van der Waals surface area contributed by atoms with E-state index in [1.807, 2.05) is 30.5 Å². The van der Waals surface area contributed by atoms with Gasteiger partial charge in [-0.3, -0.25) is 4.98 Å². The molecule has 2 aromatic carbocycles. The lowest BCUT2D eigenvalue weighted by Crippen LogP contribution is -1.97. The maximum atomic E-state index is 14.3. The van der Waals surface area contributed by atoms with Crippen LogP contribution in [0.1, 0.15) is 42.7 Å². The molecule has 3 aromatic rings. The SMILES string of the molecule is Cc1ccccc1-c1ccc(-c2ccc(F)c(C3CCCC3)c2)cn1. The molecule has 4 rings (SSSR count). The predicted molar refractivity (Wildman–Crippen MR) is 101 cm³/mol.